The molecule has 0 amide bonds. The number of aromatic nitrogens is 2. The number of halogens is 1. The van der Waals surface area contributed by atoms with Gasteiger partial charge in [-0.3, -0.25) is 0 Å². The summed E-state index contributed by atoms with van der Waals surface area (Å²) in [6.45, 7) is 2.63. The number of ether oxygens (including phenoxy) is 3. The molecule has 31 heavy (non-hydrogen) atoms. The zero-order valence-corrected chi connectivity index (χ0v) is 18.6. The molecule has 1 N–H and O–H groups in total. The van der Waals surface area contributed by atoms with Crippen molar-refractivity contribution in [2.75, 3.05) is 26.9 Å². The lowest BCUT2D eigenvalue weighted by Gasteiger charge is -2.11. The van der Waals surface area contributed by atoms with Gasteiger partial charge in [-0.25, -0.2) is 13.1 Å². The van der Waals surface area contributed by atoms with Gasteiger partial charge in [0.15, 0.2) is 0 Å². The molecule has 0 aliphatic heterocycles. The van der Waals surface area contributed by atoms with Gasteiger partial charge in [-0.05, 0) is 55.5 Å². The quantitative estimate of drug-likeness (QED) is 0.459. The summed E-state index contributed by atoms with van der Waals surface area (Å²) in [5.74, 6) is 1.28. The molecule has 1 aromatic heterocycles. The Morgan fingerprint density at radius 2 is 1.77 bits per heavy atom. The standard InChI is InChI=1S/C21H22ClN3O5S/c1-3-29-17-7-4-15(5-8-17)18-9-11-21(25-24-18)30-13-12-23-31(26,27)20-14-16(22)6-10-19(20)28-2/h4-11,14,23H,3,12-13H2,1-2H3. The molecule has 0 aliphatic rings. The second kappa shape index (κ2) is 10.4. The Bertz CT molecular complexity index is 1110. The number of hydrogen-bond acceptors (Lipinski definition) is 7. The molecular weight excluding hydrogens is 442 g/mol. The summed E-state index contributed by atoms with van der Waals surface area (Å²) < 4.78 is 43.4. The van der Waals surface area contributed by atoms with Gasteiger partial charge in [0.25, 0.3) is 0 Å². The van der Waals surface area contributed by atoms with E-state index in [1.165, 1.54) is 19.2 Å². The number of nitrogens with zero attached hydrogens (tertiary/aromatic N) is 2. The zero-order chi connectivity index (χ0) is 22.3. The summed E-state index contributed by atoms with van der Waals surface area (Å²) >= 11 is 5.91. The molecule has 3 aromatic rings. The molecule has 164 valence electrons. The third kappa shape index (κ3) is 6.06. The summed E-state index contributed by atoms with van der Waals surface area (Å²) in [6.07, 6.45) is 0. The van der Waals surface area contributed by atoms with E-state index in [0.29, 0.717) is 17.3 Å². The molecule has 0 saturated carbocycles. The molecule has 0 unspecified atom stereocenters. The van der Waals surface area contributed by atoms with Crippen LogP contribution in [-0.4, -0.2) is 45.5 Å². The van der Waals surface area contributed by atoms with Crippen molar-refractivity contribution < 1.29 is 22.6 Å². The molecule has 0 spiro atoms. The first-order chi connectivity index (χ1) is 14.9. The minimum atomic E-state index is -3.82. The normalized spacial score (nSPS) is 11.2. The maximum Gasteiger partial charge on any atom is 0.244 e. The summed E-state index contributed by atoms with van der Waals surface area (Å²) in [5, 5.41) is 8.47. The third-order valence-corrected chi connectivity index (χ3v) is 5.88. The summed E-state index contributed by atoms with van der Waals surface area (Å²) in [7, 11) is -2.43. The van der Waals surface area contributed by atoms with Crippen molar-refractivity contribution >= 4 is 21.6 Å². The average Bonchev–Trinajstić information content (AvgIpc) is 2.78. The molecule has 0 fully saturated rings. The van der Waals surface area contributed by atoms with Crippen LogP contribution in [-0.2, 0) is 10.0 Å². The summed E-state index contributed by atoms with van der Waals surface area (Å²) in [4.78, 5) is -0.0398. The molecular formula is C21H22ClN3O5S. The van der Waals surface area contributed by atoms with Crippen LogP contribution in [0.15, 0.2) is 59.5 Å². The van der Waals surface area contributed by atoms with Crippen molar-refractivity contribution in [2.24, 2.45) is 0 Å². The summed E-state index contributed by atoms with van der Waals surface area (Å²) in [6, 6.07) is 15.4. The van der Waals surface area contributed by atoms with E-state index < -0.39 is 10.0 Å². The number of rotatable bonds is 10. The molecule has 0 saturated heterocycles. The van der Waals surface area contributed by atoms with E-state index in [1.807, 2.05) is 31.2 Å². The van der Waals surface area contributed by atoms with Crippen molar-refractivity contribution in [3.63, 3.8) is 0 Å². The van der Waals surface area contributed by atoms with Crippen molar-refractivity contribution in [1.29, 1.82) is 0 Å². The number of benzene rings is 2. The number of nitrogens with one attached hydrogen (secondary N) is 1. The topological polar surface area (TPSA) is 99.6 Å². The average molecular weight is 464 g/mol. The Kier molecular flexibility index (Phi) is 7.67. The molecule has 3 rings (SSSR count). The number of hydrogen-bond donors (Lipinski definition) is 1. The largest absolute Gasteiger partial charge is 0.495 e. The molecule has 1 heterocycles. The lowest BCUT2D eigenvalue weighted by molar-refractivity contribution is 0.307. The van der Waals surface area contributed by atoms with Gasteiger partial charge in [-0.1, -0.05) is 11.6 Å². The van der Waals surface area contributed by atoms with Gasteiger partial charge >= 0.3 is 0 Å². The van der Waals surface area contributed by atoms with Gasteiger partial charge in [0, 0.05) is 23.2 Å². The zero-order valence-electron chi connectivity index (χ0n) is 17.0. The van der Waals surface area contributed by atoms with Crippen LogP contribution in [0.25, 0.3) is 11.3 Å². The van der Waals surface area contributed by atoms with E-state index in [2.05, 4.69) is 14.9 Å². The maximum absolute atomic E-state index is 12.5. The third-order valence-electron chi connectivity index (χ3n) is 4.16. The highest BCUT2D eigenvalue weighted by Gasteiger charge is 2.19. The minimum absolute atomic E-state index is 0.0281. The van der Waals surface area contributed by atoms with E-state index in [-0.39, 0.29) is 29.7 Å². The van der Waals surface area contributed by atoms with Crippen molar-refractivity contribution in [3.05, 3.63) is 59.6 Å². The van der Waals surface area contributed by atoms with Crippen molar-refractivity contribution in [2.45, 2.75) is 11.8 Å². The second-order valence-electron chi connectivity index (χ2n) is 6.26. The van der Waals surface area contributed by atoms with Crippen LogP contribution in [0.4, 0.5) is 0 Å². The molecule has 0 radical (unpaired) electrons. The lowest BCUT2D eigenvalue weighted by Crippen LogP contribution is -2.28. The van der Waals surface area contributed by atoms with Gasteiger partial charge in [0.2, 0.25) is 15.9 Å². The highest BCUT2D eigenvalue weighted by molar-refractivity contribution is 7.89. The predicted molar refractivity (Wildman–Crippen MR) is 117 cm³/mol. The minimum Gasteiger partial charge on any atom is -0.495 e. The van der Waals surface area contributed by atoms with Crippen LogP contribution in [0.2, 0.25) is 5.02 Å². The predicted octanol–water partition coefficient (Wildman–Crippen LogP) is 3.56. The van der Waals surface area contributed by atoms with E-state index in [0.717, 1.165) is 11.3 Å². The van der Waals surface area contributed by atoms with Crippen LogP contribution in [0.1, 0.15) is 6.92 Å². The van der Waals surface area contributed by atoms with Crippen molar-refractivity contribution in [3.8, 4) is 28.6 Å². The fraction of sp³-hybridized carbons (Fsp3) is 0.238. The Morgan fingerprint density at radius 1 is 1.00 bits per heavy atom. The first kappa shape index (κ1) is 22.8. The van der Waals surface area contributed by atoms with Gasteiger partial charge in [0.1, 0.15) is 23.0 Å². The second-order valence-corrected chi connectivity index (χ2v) is 8.43. The molecule has 0 atom stereocenters. The van der Waals surface area contributed by atoms with E-state index in [1.54, 1.807) is 18.2 Å². The number of methoxy groups -OCH3 is 1. The van der Waals surface area contributed by atoms with E-state index in [9.17, 15) is 8.42 Å². The number of sulfonamides is 1. The Labute approximate surface area is 186 Å². The van der Waals surface area contributed by atoms with Crippen LogP contribution < -0.4 is 18.9 Å². The van der Waals surface area contributed by atoms with E-state index in [4.69, 9.17) is 25.8 Å². The van der Waals surface area contributed by atoms with Crippen molar-refractivity contribution in [1.82, 2.24) is 14.9 Å². The highest BCUT2D eigenvalue weighted by atomic mass is 35.5. The van der Waals surface area contributed by atoms with Gasteiger partial charge in [-0.15, -0.1) is 10.2 Å². The maximum atomic E-state index is 12.5. The van der Waals surface area contributed by atoms with Gasteiger partial charge < -0.3 is 14.2 Å². The fourth-order valence-corrected chi connectivity index (χ4v) is 4.15. The Balaban J connectivity index is 1.54. The molecule has 8 nitrogen and oxygen atoms in total. The molecule has 0 bridgehead atoms. The van der Waals surface area contributed by atoms with Crippen LogP contribution in [0, 0.1) is 0 Å². The smallest absolute Gasteiger partial charge is 0.244 e. The van der Waals surface area contributed by atoms with Crippen LogP contribution >= 0.6 is 11.6 Å². The molecule has 2 aromatic carbocycles. The molecule has 10 heteroatoms. The van der Waals surface area contributed by atoms with Gasteiger partial charge in [-0.2, -0.15) is 0 Å². The summed E-state index contributed by atoms with van der Waals surface area (Å²) in [5.41, 5.74) is 1.58. The Hall–Kier alpha value is -2.88. The first-order valence-corrected chi connectivity index (χ1v) is 11.3. The first-order valence-electron chi connectivity index (χ1n) is 9.46. The van der Waals surface area contributed by atoms with Crippen LogP contribution in [0.3, 0.4) is 0 Å². The highest BCUT2D eigenvalue weighted by Crippen LogP contribution is 2.26. The van der Waals surface area contributed by atoms with Crippen LogP contribution in [0.5, 0.6) is 17.4 Å². The van der Waals surface area contributed by atoms with E-state index >= 15 is 0 Å². The lowest BCUT2D eigenvalue weighted by atomic mass is 10.1. The van der Waals surface area contributed by atoms with Gasteiger partial charge in [0.05, 0.1) is 19.4 Å². The SMILES string of the molecule is CCOc1ccc(-c2ccc(OCCNS(=O)(=O)c3cc(Cl)ccc3OC)nn2)cc1. The Morgan fingerprint density at radius 3 is 2.42 bits per heavy atom. The fourth-order valence-electron chi connectivity index (χ4n) is 2.71. The monoisotopic (exact) mass is 463 g/mol. The molecule has 0 aliphatic carbocycles.